The summed E-state index contributed by atoms with van der Waals surface area (Å²) in [5, 5.41) is 0. The van der Waals surface area contributed by atoms with E-state index in [9.17, 15) is 0 Å². The molecule has 0 bridgehead atoms. The molecule has 0 atom stereocenters. The van der Waals surface area contributed by atoms with Gasteiger partial charge in [-0.1, -0.05) is 17.7 Å². The lowest BCUT2D eigenvalue weighted by Gasteiger charge is -2.21. The van der Waals surface area contributed by atoms with Crippen LogP contribution in [0.2, 0.25) is 0 Å². The summed E-state index contributed by atoms with van der Waals surface area (Å²) in [6.45, 7) is 4.22. The Bertz CT molecular complexity index is 540. The number of halogens is 1. The Labute approximate surface area is 115 Å². The third-order valence-electron chi connectivity index (χ3n) is 2.68. The highest BCUT2D eigenvalue weighted by molar-refractivity contribution is 14.1. The summed E-state index contributed by atoms with van der Waals surface area (Å²) in [5.74, 6) is 0.938. The number of aryl methyl sites for hydroxylation is 2. The molecule has 0 spiro atoms. The SMILES string of the molecule is Cc1ccc(N(C)c2ncncc2I)c(C)c1. The van der Waals surface area contributed by atoms with E-state index in [0.29, 0.717) is 0 Å². The number of nitrogens with zero attached hydrogens (tertiary/aromatic N) is 3. The normalized spacial score (nSPS) is 10.4. The van der Waals surface area contributed by atoms with Gasteiger partial charge in [0.25, 0.3) is 0 Å². The van der Waals surface area contributed by atoms with Crippen molar-refractivity contribution in [3.63, 3.8) is 0 Å². The molecule has 0 aliphatic heterocycles. The van der Waals surface area contributed by atoms with Crippen LogP contribution in [0, 0.1) is 17.4 Å². The van der Waals surface area contributed by atoms with Crippen molar-refractivity contribution in [2.75, 3.05) is 11.9 Å². The van der Waals surface area contributed by atoms with Gasteiger partial charge in [0.15, 0.2) is 0 Å². The predicted octanol–water partition coefficient (Wildman–Crippen LogP) is 3.47. The molecule has 17 heavy (non-hydrogen) atoms. The number of hydrogen-bond donors (Lipinski definition) is 0. The van der Waals surface area contributed by atoms with E-state index in [2.05, 4.69) is 69.5 Å². The molecule has 0 saturated carbocycles. The Morgan fingerprint density at radius 1 is 1.24 bits per heavy atom. The maximum absolute atomic E-state index is 4.33. The topological polar surface area (TPSA) is 29.0 Å². The summed E-state index contributed by atoms with van der Waals surface area (Å²) in [6.07, 6.45) is 3.40. The molecule has 3 nitrogen and oxygen atoms in total. The minimum absolute atomic E-state index is 0.938. The zero-order valence-corrected chi connectivity index (χ0v) is 12.3. The zero-order valence-electron chi connectivity index (χ0n) is 10.1. The molecule has 0 amide bonds. The smallest absolute Gasteiger partial charge is 0.149 e. The summed E-state index contributed by atoms with van der Waals surface area (Å²) in [7, 11) is 2.03. The van der Waals surface area contributed by atoms with Crippen molar-refractivity contribution in [2.24, 2.45) is 0 Å². The van der Waals surface area contributed by atoms with E-state index in [1.54, 1.807) is 6.33 Å². The van der Waals surface area contributed by atoms with E-state index in [-0.39, 0.29) is 0 Å². The molecule has 1 heterocycles. The fourth-order valence-electron chi connectivity index (χ4n) is 1.85. The quantitative estimate of drug-likeness (QED) is 0.785. The van der Waals surface area contributed by atoms with E-state index in [1.165, 1.54) is 16.8 Å². The van der Waals surface area contributed by atoms with E-state index in [4.69, 9.17) is 0 Å². The van der Waals surface area contributed by atoms with Crippen molar-refractivity contribution in [1.82, 2.24) is 9.97 Å². The molecule has 1 aromatic carbocycles. The molecule has 0 saturated heterocycles. The van der Waals surface area contributed by atoms with Crippen LogP contribution in [0.15, 0.2) is 30.7 Å². The maximum Gasteiger partial charge on any atom is 0.149 e. The third-order valence-corrected chi connectivity index (χ3v) is 3.44. The zero-order chi connectivity index (χ0) is 12.4. The number of rotatable bonds is 2. The fraction of sp³-hybridized carbons (Fsp3) is 0.231. The predicted molar refractivity (Wildman–Crippen MR) is 78.7 cm³/mol. The lowest BCUT2D eigenvalue weighted by atomic mass is 10.1. The highest BCUT2D eigenvalue weighted by atomic mass is 127. The molecule has 0 fully saturated rings. The summed E-state index contributed by atoms with van der Waals surface area (Å²) < 4.78 is 1.05. The largest absolute Gasteiger partial charge is 0.328 e. The Hall–Kier alpha value is -1.17. The summed E-state index contributed by atoms with van der Waals surface area (Å²) in [6, 6.07) is 6.43. The Kier molecular flexibility index (Phi) is 3.61. The maximum atomic E-state index is 4.33. The molecular formula is C13H14IN3. The Morgan fingerprint density at radius 3 is 2.65 bits per heavy atom. The van der Waals surface area contributed by atoms with Crippen LogP contribution in [0.25, 0.3) is 0 Å². The number of aromatic nitrogens is 2. The van der Waals surface area contributed by atoms with Gasteiger partial charge in [-0.3, -0.25) is 0 Å². The van der Waals surface area contributed by atoms with Gasteiger partial charge in [0.05, 0.1) is 3.57 Å². The molecule has 1 aromatic heterocycles. The van der Waals surface area contributed by atoms with Crippen LogP contribution < -0.4 is 4.90 Å². The molecule has 88 valence electrons. The van der Waals surface area contributed by atoms with E-state index < -0.39 is 0 Å². The second-order valence-corrected chi connectivity index (χ2v) is 5.21. The molecule has 0 aliphatic carbocycles. The van der Waals surface area contributed by atoms with Crippen molar-refractivity contribution >= 4 is 34.1 Å². The lowest BCUT2D eigenvalue weighted by molar-refractivity contribution is 1.06. The van der Waals surface area contributed by atoms with Gasteiger partial charge in [-0.2, -0.15) is 0 Å². The molecule has 0 N–H and O–H groups in total. The summed E-state index contributed by atoms with van der Waals surface area (Å²) in [5.41, 5.74) is 3.70. The van der Waals surface area contributed by atoms with Gasteiger partial charge in [-0.05, 0) is 48.1 Å². The third kappa shape index (κ3) is 2.57. The van der Waals surface area contributed by atoms with Gasteiger partial charge >= 0.3 is 0 Å². The highest BCUT2D eigenvalue weighted by Crippen LogP contribution is 2.28. The molecule has 0 unspecified atom stereocenters. The van der Waals surface area contributed by atoms with E-state index in [0.717, 1.165) is 9.39 Å². The monoisotopic (exact) mass is 339 g/mol. The molecule has 2 rings (SSSR count). The first kappa shape index (κ1) is 12.3. The van der Waals surface area contributed by atoms with Crippen LogP contribution in [0.1, 0.15) is 11.1 Å². The summed E-state index contributed by atoms with van der Waals surface area (Å²) >= 11 is 2.25. The molecular weight excluding hydrogens is 325 g/mol. The van der Waals surface area contributed by atoms with Crippen LogP contribution in [0.3, 0.4) is 0 Å². The van der Waals surface area contributed by atoms with Crippen molar-refractivity contribution in [3.8, 4) is 0 Å². The van der Waals surface area contributed by atoms with Crippen LogP contribution in [-0.2, 0) is 0 Å². The summed E-state index contributed by atoms with van der Waals surface area (Å²) in [4.78, 5) is 10.4. The van der Waals surface area contributed by atoms with Gasteiger partial charge in [-0.25, -0.2) is 9.97 Å². The number of hydrogen-bond acceptors (Lipinski definition) is 3. The van der Waals surface area contributed by atoms with Crippen LogP contribution in [0.4, 0.5) is 11.5 Å². The lowest BCUT2D eigenvalue weighted by Crippen LogP contribution is -2.14. The Balaban J connectivity index is 2.44. The van der Waals surface area contributed by atoms with Crippen LogP contribution in [-0.4, -0.2) is 17.0 Å². The second kappa shape index (κ2) is 5.00. The number of benzene rings is 1. The van der Waals surface area contributed by atoms with Crippen LogP contribution >= 0.6 is 22.6 Å². The molecule has 0 aliphatic rings. The van der Waals surface area contributed by atoms with Crippen molar-refractivity contribution in [2.45, 2.75) is 13.8 Å². The van der Waals surface area contributed by atoms with Gasteiger partial charge in [0.1, 0.15) is 12.1 Å². The molecule has 4 heteroatoms. The second-order valence-electron chi connectivity index (χ2n) is 4.04. The Morgan fingerprint density at radius 2 is 2.00 bits per heavy atom. The molecule has 2 aromatic rings. The van der Waals surface area contributed by atoms with E-state index in [1.807, 2.05) is 13.2 Å². The van der Waals surface area contributed by atoms with Gasteiger partial charge in [0.2, 0.25) is 0 Å². The minimum Gasteiger partial charge on any atom is -0.328 e. The van der Waals surface area contributed by atoms with Crippen molar-refractivity contribution in [3.05, 3.63) is 45.4 Å². The number of anilines is 2. The van der Waals surface area contributed by atoms with E-state index >= 15 is 0 Å². The highest BCUT2D eigenvalue weighted by Gasteiger charge is 2.11. The van der Waals surface area contributed by atoms with Gasteiger partial charge < -0.3 is 4.90 Å². The van der Waals surface area contributed by atoms with Gasteiger partial charge in [0, 0.05) is 18.9 Å². The average Bonchev–Trinajstić information content (AvgIpc) is 2.29. The van der Waals surface area contributed by atoms with Crippen molar-refractivity contribution in [1.29, 1.82) is 0 Å². The first-order valence-corrected chi connectivity index (χ1v) is 6.44. The van der Waals surface area contributed by atoms with Crippen molar-refractivity contribution < 1.29 is 0 Å². The average molecular weight is 339 g/mol. The standard InChI is InChI=1S/C13H14IN3/c1-9-4-5-12(10(2)6-9)17(3)13-11(14)7-15-8-16-13/h4-8H,1-3H3. The fourth-order valence-corrected chi connectivity index (χ4v) is 2.51. The van der Waals surface area contributed by atoms with Gasteiger partial charge in [-0.15, -0.1) is 0 Å². The van der Waals surface area contributed by atoms with Crippen LogP contribution in [0.5, 0.6) is 0 Å². The first-order valence-electron chi connectivity index (χ1n) is 5.36. The minimum atomic E-state index is 0.938. The molecule has 0 radical (unpaired) electrons. The first-order chi connectivity index (χ1) is 8.09.